The smallest absolute Gasteiger partial charge is 0.407 e. The topological polar surface area (TPSA) is 120 Å². The molecule has 3 unspecified atom stereocenters. The number of likely N-dealkylation sites (tertiary alicyclic amines) is 2. The average molecular weight is 777 g/mol. The molecule has 0 aliphatic carbocycles. The van der Waals surface area contributed by atoms with Crippen LogP contribution in [0.3, 0.4) is 0 Å². The highest BCUT2D eigenvalue weighted by Crippen LogP contribution is 2.53. The number of allylic oxidation sites excluding steroid dienone is 1. The second kappa shape index (κ2) is 15.9. The van der Waals surface area contributed by atoms with Crippen LogP contribution in [0.15, 0.2) is 84.1 Å². The summed E-state index contributed by atoms with van der Waals surface area (Å²) in [6.07, 6.45) is 12.3. The quantitative estimate of drug-likeness (QED) is 0.213. The van der Waals surface area contributed by atoms with Gasteiger partial charge in [0.1, 0.15) is 11.9 Å². The first-order valence-corrected chi connectivity index (χ1v) is 21.1. The standard InChI is InChI=1S/C43H48N6O4S2/c1-25(2)26(3)41(50)49-19-9-13-34(49)40-45-24-32(46-40)36-22-38-37(55-36)21-35(54-38)28-16-14-27(15-17-28)30-20-31(44-23-30)33-12-8-18-48(33)42(51)39(47-43(52)53-4)29-10-6-5-7-11-29/h5-7,10-11,14-17,21-26,33-34,37-39H,8-9,12-13,18-20H2,1-4H3,(H,45,46)(H,47,52)/t26-,33?,34-,37?,38?,39+/m0/s1. The zero-order valence-electron chi connectivity index (χ0n) is 31.7. The van der Waals surface area contributed by atoms with Crippen molar-refractivity contribution in [2.24, 2.45) is 16.8 Å². The number of alkyl carbamates (subject to hydrolysis) is 1. The largest absolute Gasteiger partial charge is 0.453 e. The van der Waals surface area contributed by atoms with E-state index in [1.807, 2.05) is 83.0 Å². The Morgan fingerprint density at radius 3 is 2.22 bits per heavy atom. The molecule has 6 heterocycles. The lowest BCUT2D eigenvalue weighted by Gasteiger charge is -2.29. The number of hydrogen-bond acceptors (Lipinski definition) is 8. The molecule has 2 N–H and O–H groups in total. The number of nitrogens with one attached hydrogen (secondary N) is 2. The number of ether oxygens (including phenoxy) is 1. The number of hydrogen-bond donors (Lipinski definition) is 2. The van der Waals surface area contributed by atoms with Gasteiger partial charge in [-0.1, -0.05) is 87.5 Å². The molecular formula is C43H48N6O4S2. The molecule has 0 saturated carbocycles. The predicted molar refractivity (Wildman–Crippen MR) is 221 cm³/mol. The predicted octanol–water partition coefficient (Wildman–Crippen LogP) is 8.25. The van der Waals surface area contributed by atoms with Crippen molar-refractivity contribution in [2.45, 2.75) is 81.5 Å². The number of rotatable bonds is 10. The van der Waals surface area contributed by atoms with Crippen LogP contribution in [-0.2, 0) is 14.3 Å². The molecule has 10 nitrogen and oxygen atoms in total. The summed E-state index contributed by atoms with van der Waals surface area (Å²) in [4.78, 5) is 58.9. The maximum absolute atomic E-state index is 13.9. The van der Waals surface area contributed by atoms with Crippen LogP contribution in [0, 0.1) is 11.8 Å². The Labute approximate surface area is 331 Å². The molecule has 2 fully saturated rings. The van der Waals surface area contributed by atoms with Gasteiger partial charge in [0.2, 0.25) is 11.8 Å². The molecule has 0 bridgehead atoms. The van der Waals surface area contributed by atoms with Crippen molar-refractivity contribution in [1.29, 1.82) is 0 Å². The first-order valence-electron chi connectivity index (χ1n) is 19.4. The van der Waals surface area contributed by atoms with Crippen molar-refractivity contribution in [1.82, 2.24) is 25.1 Å². The molecule has 0 spiro atoms. The summed E-state index contributed by atoms with van der Waals surface area (Å²) in [7, 11) is 1.30. The second-order valence-corrected chi connectivity index (χ2v) is 17.8. The molecule has 8 rings (SSSR count). The fourth-order valence-electron chi connectivity index (χ4n) is 8.20. The number of carbonyl (C=O) groups excluding carboxylic acids is 3. The minimum Gasteiger partial charge on any atom is -0.453 e. The molecule has 2 aromatic carbocycles. The highest BCUT2D eigenvalue weighted by atomic mass is 32.2. The number of aromatic nitrogens is 2. The SMILES string of the molecule is COC(=O)N[C@@H](C(=O)N1CCCC1C1=NC=C(c2ccc(C3=CC4SC(c5cnc([C@@H]6CCCN6C(=O)[C@@H](C)C(C)C)[nH]5)=CC4S3)cc2)C1)c1ccccc1. The van der Waals surface area contributed by atoms with Gasteiger partial charge in [-0.15, -0.1) is 23.5 Å². The van der Waals surface area contributed by atoms with E-state index in [-0.39, 0.29) is 29.8 Å². The summed E-state index contributed by atoms with van der Waals surface area (Å²) in [6.45, 7) is 7.67. The zero-order valence-corrected chi connectivity index (χ0v) is 33.4. The van der Waals surface area contributed by atoms with Gasteiger partial charge in [0.25, 0.3) is 0 Å². The summed E-state index contributed by atoms with van der Waals surface area (Å²) in [5, 5.41) is 3.45. The monoisotopic (exact) mass is 776 g/mol. The Hall–Kier alpha value is -4.55. The first-order chi connectivity index (χ1) is 26.7. The molecule has 5 aliphatic heterocycles. The van der Waals surface area contributed by atoms with Crippen molar-refractivity contribution in [2.75, 3.05) is 20.2 Å². The number of fused-ring (bicyclic) bond motifs is 1. The molecule has 2 saturated heterocycles. The van der Waals surface area contributed by atoms with E-state index in [2.05, 4.69) is 60.6 Å². The van der Waals surface area contributed by atoms with Crippen LogP contribution in [-0.4, -0.2) is 80.1 Å². The highest BCUT2D eigenvalue weighted by molar-refractivity contribution is 8.14. The third-order valence-corrected chi connectivity index (χ3v) is 14.4. The van der Waals surface area contributed by atoms with Crippen molar-refractivity contribution in [3.63, 3.8) is 0 Å². The minimum atomic E-state index is -0.832. The number of methoxy groups -OCH3 is 1. The van der Waals surface area contributed by atoms with Gasteiger partial charge in [0.15, 0.2) is 0 Å². The van der Waals surface area contributed by atoms with E-state index in [0.717, 1.165) is 66.2 Å². The van der Waals surface area contributed by atoms with Crippen LogP contribution in [0.5, 0.6) is 0 Å². The van der Waals surface area contributed by atoms with E-state index >= 15 is 0 Å². The number of imidazole rings is 1. The van der Waals surface area contributed by atoms with Crippen LogP contribution in [0.1, 0.15) is 93.2 Å². The van der Waals surface area contributed by atoms with Crippen LogP contribution in [0.2, 0.25) is 0 Å². The Bertz CT molecular complexity index is 2070. The number of nitrogens with zero attached hydrogens (tertiary/aromatic N) is 4. The fraction of sp³-hybridized carbons (Fsp3) is 0.419. The summed E-state index contributed by atoms with van der Waals surface area (Å²) < 4.78 is 4.85. The van der Waals surface area contributed by atoms with Gasteiger partial charge in [-0.3, -0.25) is 14.6 Å². The van der Waals surface area contributed by atoms with Gasteiger partial charge < -0.3 is 24.8 Å². The molecule has 5 aliphatic rings. The third kappa shape index (κ3) is 7.55. The molecule has 55 heavy (non-hydrogen) atoms. The van der Waals surface area contributed by atoms with Gasteiger partial charge >= 0.3 is 6.09 Å². The fourth-order valence-corrected chi connectivity index (χ4v) is 11.1. The zero-order chi connectivity index (χ0) is 38.2. The minimum absolute atomic E-state index is 0.00381. The second-order valence-electron chi connectivity index (χ2n) is 15.3. The number of amides is 3. The molecule has 3 aromatic rings. The number of H-pyrrole nitrogens is 1. The Kier molecular flexibility index (Phi) is 10.8. The van der Waals surface area contributed by atoms with Gasteiger partial charge in [0.05, 0.1) is 31.1 Å². The normalized spacial score (nSPS) is 24.3. The van der Waals surface area contributed by atoms with E-state index in [1.165, 1.54) is 22.5 Å². The molecule has 3 amide bonds. The number of aromatic amines is 1. The lowest BCUT2D eigenvalue weighted by Crippen LogP contribution is -2.47. The average Bonchev–Trinajstić information content (AvgIpc) is 4.05. The third-order valence-electron chi connectivity index (χ3n) is 11.6. The molecule has 6 atom stereocenters. The van der Waals surface area contributed by atoms with E-state index in [4.69, 9.17) is 14.7 Å². The Morgan fingerprint density at radius 1 is 0.855 bits per heavy atom. The van der Waals surface area contributed by atoms with Gasteiger partial charge in [-0.25, -0.2) is 9.78 Å². The molecular weight excluding hydrogens is 729 g/mol. The lowest BCUT2D eigenvalue weighted by molar-refractivity contribution is -0.137. The van der Waals surface area contributed by atoms with E-state index < -0.39 is 12.1 Å². The van der Waals surface area contributed by atoms with Crippen LogP contribution in [0.4, 0.5) is 4.79 Å². The van der Waals surface area contributed by atoms with Crippen molar-refractivity contribution < 1.29 is 19.1 Å². The van der Waals surface area contributed by atoms with Gasteiger partial charge in [-0.05, 0) is 53.9 Å². The van der Waals surface area contributed by atoms with Gasteiger partial charge in [-0.2, -0.15) is 0 Å². The first kappa shape index (κ1) is 37.4. The maximum Gasteiger partial charge on any atom is 0.407 e. The summed E-state index contributed by atoms with van der Waals surface area (Å²) in [5.74, 6) is 1.29. The van der Waals surface area contributed by atoms with E-state index in [0.29, 0.717) is 29.4 Å². The van der Waals surface area contributed by atoms with Gasteiger partial charge in [0, 0.05) is 57.7 Å². The summed E-state index contributed by atoms with van der Waals surface area (Å²) >= 11 is 3.79. The van der Waals surface area contributed by atoms with Crippen LogP contribution in [0.25, 0.3) is 15.4 Å². The van der Waals surface area contributed by atoms with Crippen molar-refractivity contribution >= 4 is 62.5 Å². The number of benzene rings is 2. The summed E-state index contributed by atoms with van der Waals surface area (Å²) in [6, 6.07) is 17.1. The highest BCUT2D eigenvalue weighted by Gasteiger charge is 2.39. The maximum atomic E-state index is 13.9. The van der Waals surface area contributed by atoms with E-state index in [9.17, 15) is 14.4 Å². The molecule has 12 heteroatoms. The molecule has 0 radical (unpaired) electrons. The lowest BCUT2D eigenvalue weighted by atomic mass is 9.96. The summed E-state index contributed by atoms with van der Waals surface area (Å²) in [5.41, 5.74) is 6.21. The van der Waals surface area contributed by atoms with Crippen molar-refractivity contribution in [3.8, 4) is 0 Å². The van der Waals surface area contributed by atoms with Crippen LogP contribution >= 0.6 is 23.5 Å². The molecule has 286 valence electrons. The van der Waals surface area contributed by atoms with Crippen LogP contribution < -0.4 is 5.32 Å². The van der Waals surface area contributed by atoms with Crippen molar-refractivity contribution in [3.05, 3.63) is 107 Å². The molecule has 1 aromatic heterocycles. The number of thioether (sulfide) groups is 2. The Balaban J connectivity index is 0.872. The van der Waals surface area contributed by atoms with E-state index in [1.54, 1.807) is 0 Å². The number of aliphatic imine (C=N–C) groups is 1. The number of carbonyl (C=O) groups is 3. The Morgan fingerprint density at radius 2 is 1.51 bits per heavy atom.